The maximum atomic E-state index is 5.93. The Balaban J connectivity index is 1.60. The lowest BCUT2D eigenvalue weighted by Crippen LogP contribution is -2.18. The normalized spacial score (nSPS) is 20.1. The van der Waals surface area contributed by atoms with Gasteiger partial charge in [0.05, 0.1) is 11.4 Å². The standard InChI is InChI=1S/C14H20N2/c15-13-3-1-2-4-14(13)16-9-12(10-5-6-10)11-7-8-11/h1-4,10-12,16H,5-9,15H2. The van der Waals surface area contributed by atoms with Gasteiger partial charge in [0.25, 0.3) is 0 Å². The third-order valence-corrected chi connectivity index (χ3v) is 3.94. The average Bonchev–Trinajstić information content (AvgIpc) is 3.15. The number of rotatable bonds is 5. The van der Waals surface area contributed by atoms with Crippen molar-refractivity contribution < 1.29 is 0 Å². The first kappa shape index (κ1) is 10.0. The predicted molar refractivity (Wildman–Crippen MR) is 68.3 cm³/mol. The molecule has 0 atom stereocenters. The number of hydrogen-bond donors (Lipinski definition) is 2. The van der Waals surface area contributed by atoms with E-state index in [-0.39, 0.29) is 0 Å². The largest absolute Gasteiger partial charge is 0.397 e. The Kier molecular flexibility index (Phi) is 2.50. The van der Waals surface area contributed by atoms with E-state index in [2.05, 4.69) is 11.4 Å². The monoisotopic (exact) mass is 216 g/mol. The van der Waals surface area contributed by atoms with Gasteiger partial charge < -0.3 is 11.1 Å². The lowest BCUT2D eigenvalue weighted by Gasteiger charge is -2.17. The molecule has 1 aromatic rings. The van der Waals surface area contributed by atoms with Gasteiger partial charge in [-0.3, -0.25) is 0 Å². The van der Waals surface area contributed by atoms with Crippen LogP contribution in [0.3, 0.4) is 0 Å². The van der Waals surface area contributed by atoms with Gasteiger partial charge in [-0.1, -0.05) is 12.1 Å². The molecule has 0 saturated heterocycles. The molecular formula is C14H20N2. The smallest absolute Gasteiger partial charge is 0.0574 e. The molecule has 0 radical (unpaired) electrons. The molecule has 0 aliphatic heterocycles. The van der Waals surface area contributed by atoms with E-state index in [1.165, 1.54) is 25.7 Å². The maximum absolute atomic E-state index is 5.93. The third-order valence-electron chi connectivity index (χ3n) is 3.94. The van der Waals surface area contributed by atoms with Crippen LogP contribution < -0.4 is 11.1 Å². The van der Waals surface area contributed by atoms with Crippen molar-refractivity contribution in [3.05, 3.63) is 24.3 Å². The van der Waals surface area contributed by atoms with Crippen LogP contribution in [0, 0.1) is 17.8 Å². The van der Waals surface area contributed by atoms with E-state index in [0.717, 1.165) is 35.7 Å². The maximum Gasteiger partial charge on any atom is 0.0574 e. The molecular weight excluding hydrogens is 196 g/mol. The highest BCUT2D eigenvalue weighted by Gasteiger charge is 2.40. The zero-order chi connectivity index (χ0) is 11.0. The van der Waals surface area contributed by atoms with Crippen LogP contribution in [0.2, 0.25) is 0 Å². The zero-order valence-electron chi connectivity index (χ0n) is 9.65. The van der Waals surface area contributed by atoms with Crippen LogP contribution in [0.1, 0.15) is 25.7 Å². The van der Waals surface area contributed by atoms with Gasteiger partial charge in [0, 0.05) is 6.54 Å². The van der Waals surface area contributed by atoms with E-state index in [1.807, 2.05) is 18.2 Å². The molecule has 0 heterocycles. The molecule has 2 nitrogen and oxygen atoms in total. The summed E-state index contributed by atoms with van der Waals surface area (Å²) < 4.78 is 0. The van der Waals surface area contributed by atoms with Crippen molar-refractivity contribution >= 4 is 11.4 Å². The lowest BCUT2D eigenvalue weighted by molar-refractivity contribution is 0.428. The van der Waals surface area contributed by atoms with Gasteiger partial charge in [-0.2, -0.15) is 0 Å². The number of anilines is 2. The fraction of sp³-hybridized carbons (Fsp3) is 0.571. The molecule has 0 aromatic heterocycles. The predicted octanol–water partition coefficient (Wildman–Crippen LogP) is 3.12. The molecule has 16 heavy (non-hydrogen) atoms. The van der Waals surface area contributed by atoms with Gasteiger partial charge in [0.2, 0.25) is 0 Å². The first-order valence-corrected chi connectivity index (χ1v) is 6.43. The fourth-order valence-electron chi connectivity index (χ4n) is 2.65. The summed E-state index contributed by atoms with van der Waals surface area (Å²) in [5.74, 6) is 2.91. The molecule has 0 spiro atoms. The number of hydrogen-bond acceptors (Lipinski definition) is 2. The van der Waals surface area contributed by atoms with Gasteiger partial charge in [-0.15, -0.1) is 0 Å². The quantitative estimate of drug-likeness (QED) is 0.742. The molecule has 0 unspecified atom stereocenters. The molecule has 86 valence electrons. The minimum Gasteiger partial charge on any atom is -0.397 e. The number of nitrogen functional groups attached to an aromatic ring is 1. The second-order valence-corrected chi connectivity index (χ2v) is 5.31. The van der Waals surface area contributed by atoms with Crippen LogP contribution >= 0.6 is 0 Å². The summed E-state index contributed by atoms with van der Waals surface area (Å²) in [6, 6.07) is 8.07. The fourth-order valence-corrected chi connectivity index (χ4v) is 2.65. The molecule has 2 heteroatoms. The average molecular weight is 216 g/mol. The third kappa shape index (κ3) is 2.16. The topological polar surface area (TPSA) is 38.0 Å². The number of nitrogens with two attached hydrogens (primary N) is 1. The highest BCUT2D eigenvalue weighted by atomic mass is 14.9. The molecule has 2 aliphatic carbocycles. The first-order valence-electron chi connectivity index (χ1n) is 6.43. The van der Waals surface area contributed by atoms with E-state index in [1.54, 1.807) is 0 Å². The second kappa shape index (κ2) is 4.00. The van der Waals surface area contributed by atoms with Crippen LogP contribution in [0.4, 0.5) is 11.4 Å². The van der Waals surface area contributed by atoms with E-state index in [0.29, 0.717) is 0 Å². The molecule has 2 aliphatic rings. The molecule has 3 N–H and O–H groups in total. The molecule has 3 rings (SSSR count). The Morgan fingerprint density at radius 2 is 1.75 bits per heavy atom. The van der Waals surface area contributed by atoms with E-state index >= 15 is 0 Å². The molecule has 2 fully saturated rings. The van der Waals surface area contributed by atoms with Crippen LogP contribution in [0.15, 0.2) is 24.3 Å². The van der Waals surface area contributed by atoms with Crippen molar-refractivity contribution in [1.29, 1.82) is 0 Å². The summed E-state index contributed by atoms with van der Waals surface area (Å²) in [5, 5.41) is 3.53. The molecule has 1 aromatic carbocycles. The zero-order valence-corrected chi connectivity index (χ0v) is 9.65. The van der Waals surface area contributed by atoms with E-state index < -0.39 is 0 Å². The Hall–Kier alpha value is -1.18. The second-order valence-electron chi connectivity index (χ2n) is 5.31. The number of para-hydroxylation sites is 2. The summed E-state index contributed by atoms with van der Waals surface area (Å²) >= 11 is 0. The summed E-state index contributed by atoms with van der Waals surface area (Å²) in [7, 11) is 0. The van der Waals surface area contributed by atoms with Crippen molar-refractivity contribution in [3.8, 4) is 0 Å². The Labute approximate surface area is 97.2 Å². The van der Waals surface area contributed by atoms with Crippen molar-refractivity contribution in [3.63, 3.8) is 0 Å². The van der Waals surface area contributed by atoms with E-state index in [9.17, 15) is 0 Å². The minimum absolute atomic E-state index is 0.868. The molecule has 0 amide bonds. The summed E-state index contributed by atoms with van der Waals surface area (Å²) in [6.07, 6.45) is 5.81. The first-order chi connectivity index (χ1) is 7.84. The highest BCUT2D eigenvalue weighted by Crippen LogP contribution is 2.49. The molecule has 2 saturated carbocycles. The highest BCUT2D eigenvalue weighted by molar-refractivity contribution is 5.65. The Morgan fingerprint density at radius 1 is 1.12 bits per heavy atom. The van der Waals surface area contributed by atoms with Crippen molar-refractivity contribution in [2.45, 2.75) is 25.7 Å². The Morgan fingerprint density at radius 3 is 2.31 bits per heavy atom. The van der Waals surface area contributed by atoms with Crippen molar-refractivity contribution in [2.24, 2.45) is 17.8 Å². The van der Waals surface area contributed by atoms with Gasteiger partial charge in [-0.05, 0) is 55.6 Å². The van der Waals surface area contributed by atoms with Crippen molar-refractivity contribution in [2.75, 3.05) is 17.6 Å². The Bertz CT molecular complexity index is 355. The van der Waals surface area contributed by atoms with Crippen LogP contribution in [-0.2, 0) is 0 Å². The van der Waals surface area contributed by atoms with Gasteiger partial charge in [0.1, 0.15) is 0 Å². The van der Waals surface area contributed by atoms with Gasteiger partial charge in [0.15, 0.2) is 0 Å². The van der Waals surface area contributed by atoms with E-state index in [4.69, 9.17) is 5.73 Å². The minimum atomic E-state index is 0.868. The summed E-state index contributed by atoms with van der Waals surface area (Å²) in [5.41, 5.74) is 7.90. The summed E-state index contributed by atoms with van der Waals surface area (Å²) in [4.78, 5) is 0. The van der Waals surface area contributed by atoms with Crippen LogP contribution in [0.5, 0.6) is 0 Å². The van der Waals surface area contributed by atoms with Crippen LogP contribution in [0.25, 0.3) is 0 Å². The number of nitrogens with one attached hydrogen (secondary N) is 1. The number of benzene rings is 1. The molecule has 0 bridgehead atoms. The van der Waals surface area contributed by atoms with Gasteiger partial charge in [-0.25, -0.2) is 0 Å². The van der Waals surface area contributed by atoms with Crippen LogP contribution in [-0.4, -0.2) is 6.54 Å². The lowest BCUT2D eigenvalue weighted by atomic mass is 9.98. The summed E-state index contributed by atoms with van der Waals surface area (Å²) in [6.45, 7) is 1.11. The van der Waals surface area contributed by atoms with Gasteiger partial charge >= 0.3 is 0 Å². The van der Waals surface area contributed by atoms with Crippen molar-refractivity contribution in [1.82, 2.24) is 0 Å². The SMILES string of the molecule is Nc1ccccc1NCC(C1CC1)C1CC1.